The number of ether oxygens (including phenoxy) is 2. The van der Waals surface area contributed by atoms with E-state index in [0.29, 0.717) is 5.56 Å². The molecule has 2 heterocycles. The Morgan fingerprint density at radius 1 is 1.18 bits per heavy atom. The molecule has 1 aliphatic rings. The Morgan fingerprint density at radius 3 is 2.42 bits per heavy atom. The first-order chi connectivity index (χ1) is 15.5. The van der Waals surface area contributed by atoms with Crippen LogP contribution in [0.3, 0.4) is 0 Å². The quantitative estimate of drug-likeness (QED) is 0.348. The van der Waals surface area contributed by atoms with Crippen molar-refractivity contribution < 1.29 is 47.9 Å². The van der Waals surface area contributed by atoms with Crippen LogP contribution in [0, 0.1) is 0 Å². The van der Waals surface area contributed by atoms with Crippen molar-refractivity contribution >= 4 is 17.7 Å². The highest BCUT2D eigenvalue weighted by atomic mass is 32.2. The van der Waals surface area contributed by atoms with Gasteiger partial charge in [-0.2, -0.15) is 13.2 Å². The van der Waals surface area contributed by atoms with E-state index in [-0.39, 0.29) is 12.0 Å². The second kappa shape index (κ2) is 10.3. The zero-order valence-corrected chi connectivity index (χ0v) is 18.1. The van der Waals surface area contributed by atoms with Gasteiger partial charge in [0.15, 0.2) is 6.10 Å². The van der Waals surface area contributed by atoms with E-state index in [9.17, 15) is 33.3 Å². The van der Waals surface area contributed by atoms with Crippen LogP contribution in [0.15, 0.2) is 29.2 Å². The number of halogens is 3. The summed E-state index contributed by atoms with van der Waals surface area (Å²) in [6.07, 6.45) is -13.8. The van der Waals surface area contributed by atoms with Gasteiger partial charge >= 0.3 is 12.1 Å². The summed E-state index contributed by atoms with van der Waals surface area (Å²) in [4.78, 5) is 12.2. The number of aliphatic hydroxyl groups is 3. The maximum atomic E-state index is 13.5. The van der Waals surface area contributed by atoms with Gasteiger partial charge in [0.2, 0.25) is 12.2 Å². The Kier molecular flexibility index (Phi) is 7.90. The van der Waals surface area contributed by atoms with Crippen LogP contribution >= 0.6 is 11.8 Å². The molecule has 0 radical (unpaired) electrons. The standard InChI is InChI=1S/C20H23F3N2O7S/c1-2-7-33-10-5-3-9(4-6-10)8-11-16(20(21,22)23)24-25-17(11)32-19-14(28)12(26)13(27)15(31-19)18(29)30/h3-6,12-15,19,26-28H,2,7-8H2,1H3,(H,24,25)(H,29,30)/t12-,13-,14+,15-,19?/m0/s1. The lowest BCUT2D eigenvalue weighted by Crippen LogP contribution is -2.61. The fraction of sp³-hybridized carbons (Fsp3) is 0.500. The number of nitrogens with zero attached hydrogens (tertiary/aromatic N) is 1. The molecule has 1 aromatic carbocycles. The number of rotatable bonds is 8. The first-order valence-corrected chi connectivity index (χ1v) is 11.0. The third-order valence-corrected chi connectivity index (χ3v) is 6.15. The van der Waals surface area contributed by atoms with Gasteiger partial charge in [0, 0.05) is 11.3 Å². The summed E-state index contributed by atoms with van der Waals surface area (Å²) in [5, 5.41) is 44.3. The number of carboxylic acid groups (broad SMARTS) is 1. The number of hydrogen-bond donors (Lipinski definition) is 5. The van der Waals surface area contributed by atoms with Crippen molar-refractivity contribution in [3.8, 4) is 5.88 Å². The van der Waals surface area contributed by atoms with Gasteiger partial charge in [0.05, 0.1) is 5.56 Å². The molecule has 1 aromatic heterocycles. The lowest BCUT2D eigenvalue weighted by Gasteiger charge is -2.38. The smallest absolute Gasteiger partial charge is 0.433 e. The second-order valence-corrected chi connectivity index (χ2v) is 8.57. The third-order valence-electron chi connectivity index (χ3n) is 4.93. The molecule has 0 aliphatic carbocycles. The van der Waals surface area contributed by atoms with Gasteiger partial charge in [-0.25, -0.2) is 4.79 Å². The van der Waals surface area contributed by atoms with Crippen LogP contribution in [0.25, 0.3) is 0 Å². The molecule has 1 aliphatic heterocycles. The van der Waals surface area contributed by atoms with Crippen molar-refractivity contribution in [2.75, 3.05) is 5.75 Å². The molecule has 2 aromatic rings. The van der Waals surface area contributed by atoms with E-state index in [4.69, 9.17) is 14.6 Å². The number of aliphatic carboxylic acids is 1. The molecule has 0 bridgehead atoms. The summed E-state index contributed by atoms with van der Waals surface area (Å²) < 4.78 is 50.9. The van der Waals surface area contributed by atoms with Gasteiger partial charge in [-0.1, -0.05) is 19.1 Å². The highest BCUT2D eigenvalue weighted by molar-refractivity contribution is 7.99. The van der Waals surface area contributed by atoms with E-state index in [2.05, 4.69) is 5.10 Å². The van der Waals surface area contributed by atoms with Crippen molar-refractivity contribution in [2.45, 2.75) is 61.5 Å². The van der Waals surface area contributed by atoms with Gasteiger partial charge in [-0.05, 0) is 29.9 Å². The first kappa shape index (κ1) is 25.3. The first-order valence-electron chi connectivity index (χ1n) is 9.98. The van der Waals surface area contributed by atoms with Crippen molar-refractivity contribution in [3.05, 3.63) is 41.1 Å². The largest absolute Gasteiger partial charge is 0.479 e. The monoisotopic (exact) mass is 492 g/mol. The molecule has 0 amide bonds. The molecule has 182 valence electrons. The number of benzene rings is 1. The van der Waals surface area contributed by atoms with Crippen LogP contribution in [-0.2, 0) is 22.1 Å². The maximum absolute atomic E-state index is 13.5. The molecule has 33 heavy (non-hydrogen) atoms. The number of nitrogens with one attached hydrogen (secondary N) is 1. The number of H-pyrrole nitrogens is 1. The minimum absolute atomic E-state index is 0.240. The van der Waals surface area contributed by atoms with Crippen LogP contribution in [0.5, 0.6) is 5.88 Å². The molecule has 0 spiro atoms. The number of carbonyl (C=O) groups is 1. The van der Waals surface area contributed by atoms with Crippen LogP contribution in [0.2, 0.25) is 0 Å². The third kappa shape index (κ3) is 5.79. The number of aromatic nitrogens is 2. The normalized spacial score (nSPS) is 25.7. The zero-order chi connectivity index (χ0) is 24.3. The molecule has 5 atom stereocenters. The average Bonchev–Trinajstić information content (AvgIpc) is 3.16. The number of aromatic amines is 1. The molecule has 1 saturated heterocycles. The Morgan fingerprint density at radius 2 is 1.85 bits per heavy atom. The molecule has 0 saturated carbocycles. The van der Waals surface area contributed by atoms with E-state index < -0.39 is 54.4 Å². The lowest BCUT2D eigenvalue weighted by molar-refractivity contribution is -0.271. The topological polar surface area (TPSA) is 145 Å². The average molecular weight is 492 g/mol. The molecular weight excluding hydrogens is 469 g/mol. The highest BCUT2D eigenvalue weighted by Gasteiger charge is 2.49. The van der Waals surface area contributed by atoms with Gasteiger partial charge in [-0.3, -0.25) is 5.10 Å². The van der Waals surface area contributed by atoms with Crippen molar-refractivity contribution in [3.63, 3.8) is 0 Å². The molecule has 5 N–H and O–H groups in total. The van der Waals surface area contributed by atoms with E-state index in [1.807, 2.05) is 12.0 Å². The minimum Gasteiger partial charge on any atom is -0.479 e. The van der Waals surface area contributed by atoms with Crippen molar-refractivity contribution in [1.82, 2.24) is 10.2 Å². The van der Waals surface area contributed by atoms with E-state index in [0.717, 1.165) is 17.1 Å². The Balaban J connectivity index is 1.87. The summed E-state index contributed by atoms with van der Waals surface area (Å²) >= 11 is 1.61. The van der Waals surface area contributed by atoms with Gasteiger partial charge in [0.25, 0.3) is 0 Å². The molecule has 1 fully saturated rings. The second-order valence-electron chi connectivity index (χ2n) is 7.40. The molecular formula is C20H23F3N2O7S. The van der Waals surface area contributed by atoms with Gasteiger partial charge in [-0.15, -0.1) is 16.9 Å². The Bertz CT molecular complexity index is 954. The van der Waals surface area contributed by atoms with Crippen molar-refractivity contribution in [2.24, 2.45) is 0 Å². The van der Waals surface area contributed by atoms with Gasteiger partial charge in [0.1, 0.15) is 24.0 Å². The fourth-order valence-corrected chi connectivity index (χ4v) is 4.00. The SMILES string of the molecule is CCCSc1ccc(Cc2c(OC3O[C@H](C(=O)O)[C@@H](O)[C@H](O)[C@H]3O)n[nH]c2C(F)(F)F)cc1. The van der Waals surface area contributed by atoms with Crippen LogP contribution in [-0.4, -0.2) is 73.1 Å². The van der Waals surface area contributed by atoms with Crippen LogP contribution in [0.4, 0.5) is 13.2 Å². The van der Waals surface area contributed by atoms with E-state index in [1.54, 1.807) is 36.0 Å². The number of thioether (sulfide) groups is 1. The molecule has 9 nitrogen and oxygen atoms in total. The summed E-state index contributed by atoms with van der Waals surface area (Å²) in [6, 6.07) is 6.91. The van der Waals surface area contributed by atoms with Crippen molar-refractivity contribution in [1.29, 1.82) is 0 Å². The summed E-state index contributed by atoms with van der Waals surface area (Å²) in [7, 11) is 0. The van der Waals surface area contributed by atoms with E-state index in [1.165, 1.54) is 0 Å². The zero-order valence-electron chi connectivity index (χ0n) is 17.3. The minimum atomic E-state index is -4.80. The Labute approximate surface area is 190 Å². The number of carboxylic acids is 1. The summed E-state index contributed by atoms with van der Waals surface area (Å²) in [5.74, 6) is -1.33. The Hall–Kier alpha value is -2.32. The van der Waals surface area contributed by atoms with Crippen LogP contribution < -0.4 is 4.74 Å². The molecule has 1 unspecified atom stereocenters. The summed E-state index contributed by atoms with van der Waals surface area (Å²) in [6.45, 7) is 2.03. The highest BCUT2D eigenvalue weighted by Crippen LogP contribution is 2.37. The lowest BCUT2D eigenvalue weighted by atomic mass is 9.99. The molecule has 3 rings (SSSR count). The maximum Gasteiger partial charge on any atom is 0.433 e. The summed E-state index contributed by atoms with van der Waals surface area (Å²) in [5.41, 5.74) is -1.04. The predicted octanol–water partition coefficient (Wildman–Crippen LogP) is 1.79. The fourth-order valence-electron chi connectivity index (χ4n) is 3.23. The number of hydrogen-bond acceptors (Lipinski definition) is 8. The van der Waals surface area contributed by atoms with E-state index >= 15 is 0 Å². The molecule has 13 heteroatoms. The predicted molar refractivity (Wildman–Crippen MR) is 109 cm³/mol. The van der Waals surface area contributed by atoms with Crippen LogP contribution in [0.1, 0.15) is 30.2 Å². The van der Waals surface area contributed by atoms with Gasteiger partial charge < -0.3 is 29.9 Å². The number of alkyl halides is 3. The number of aliphatic hydroxyl groups excluding tert-OH is 3.